The van der Waals surface area contributed by atoms with E-state index in [1.807, 2.05) is 0 Å². The predicted octanol–water partition coefficient (Wildman–Crippen LogP) is 1.47. The zero-order chi connectivity index (χ0) is 13.5. The van der Waals surface area contributed by atoms with E-state index in [2.05, 4.69) is 0 Å². The highest BCUT2D eigenvalue weighted by Gasteiger charge is 1.99. The van der Waals surface area contributed by atoms with Gasteiger partial charge in [-0.3, -0.25) is 9.89 Å². The highest BCUT2D eigenvalue weighted by molar-refractivity contribution is 5.30. The fraction of sp³-hybridized carbons (Fsp3) is 0.100. The summed E-state index contributed by atoms with van der Waals surface area (Å²) in [5.41, 5.74) is -1.06. The standard InChI is InChI=1S/C10H10N2O/c1-8-7-10(13)12(11-8)9-5-3-2-4-6-9/h2-7,11H,1H3/i1D3,7D/hD. The van der Waals surface area contributed by atoms with Crippen LogP contribution in [0.15, 0.2) is 41.2 Å². The van der Waals surface area contributed by atoms with E-state index in [9.17, 15) is 4.79 Å². The summed E-state index contributed by atoms with van der Waals surface area (Å²) in [6.07, 6.45) is 0. The molecular formula is C10H10N2O. The second-order valence-electron chi connectivity index (χ2n) is 2.53. The predicted molar refractivity (Wildman–Crippen MR) is 51.1 cm³/mol. The molecule has 3 nitrogen and oxygen atoms in total. The highest BCUT2D eigenvalue weighted by Crippen LogP contribution is 2.02. The normalized spacial score (nSPS) is 16.8. The molecule has 1 aromatic carbocycles. The van der Waals surface area contributed by atoms with Gasteiger partial charge >= 0.3 is 0 Å². The SMILES string of the molecule is [2H]c1c(C([2H])([2H])[2H])n([2H])n(-c2ccccc2)c1=O. The van der Waals surface area contributed by atoms with Crippen molar-refractivity contribution in [1.82, 2.24) is 9.77 Å². The Morgan fingerprint density at radius 1 is 1.54 bits per heavy atom. The van der Waals surface area contributed by atoms with E-state index in [0.717, 1.165) is 4.68 Å². The number of para-hydroxylation sites is 1. The first-order valence-electron chi connectivity index (χ1n) is 6.18. The van der Waals surface area contributed by atoms with Gasteiger partial charge < -0.3 is 0 Å². The van der Waals surface area contributed by atoms with E-state index >= 15 is 0 Å². The van der Waals surface area contributed by atoms with Gasteiger partial charge in [-0.15, -0.1) is 0 Å². The van der Waals surface area contributed by atoms with E-state index in [-0.39, 0.29) is 0 Å². The van der Waals surface area contributed by atoms with Gasteiger partial charge in [-0.25, -0.2) is 4.68 Å². The molecule has 0 bridgehead atoms. The Labute approximate surface area is 82.7 Å². The van der Waals surface area contributed by atoms with Gasteiger partial charge in [0.25, 0.3) is 5.56 Å². The van der Waals surface area contributed by atoms with Gasteiger partial charge in [-0.05, 0) is 19.0 Å². The maximum absolute atomic E-state index is 11.8. The molecule has 0 aliphatic heterocycles. The lowest BCUT2D eigenvalue weighted by molar-refractivity contribution is 0.835. The molecule has 3 heteroatoms. The van der Waals surface area contributed by atoms with Crippen LogP contribution in [0.3, 0.4) is 0 Å². The molecule has 13 heavy (non-hydrogen) atoms. The molecular weight excluding hydrogens is 164 g/mol. The minimum Gasteiger partial charge on any atom is -0.295 e. The number of benzene rings is 1. The van der Waals surface area contributed by atoms with Crippen LogP contribution in [0.25, 0.3) is 5.69 Å². The minimum absolute atomic E-state index is 0.349. The van der Waals surface area contributed by atoms with Crippen LogP contribution in [0, 0.1) is 6.85 Å². The summed E-state index contributed by atoms with van der Waals surface area (Å²) in [5, 5.41) is 0.465. The van der Waals surface area contributed by atoms with Crippen molar-refractivity contribution in [3.8, 4) is 5.69 Å². The molecule has 0 saturated carbocycles. The first-order chi connectivity index (χ1) is 8.34. The zero-order valence-electron chi connectivity index (χ0n) is 11.7. The molecule has 1 heterocycles. The van der Waals surface area contributed by atoms with Crippen molar-refractivity contribution in [3.05, 3.63) is 52.4 Å². The number of aromatic amines is 1. The van der Waals surface area contributed by atoms with Gasteiger partial charge in [0.1, 0.15) is 0 Å². The molecule has 0 radical (unpaired) electrons. The maximum Gasteiger partial charge on any atom is 0.271 e. The average molecular weight is 179 g/mol. The van der Waals surface area contributed by atoms with Gasteiger partial charge in [-0.2, -0.15) is 0 Å². The first-order valence-corrected chi connectivity index (χ1v) is 3.74. The Morgan fingerprint density at radius 3 is 2.92 bits per heavy atom. The number of hydrogen-bond donors (Lipinski definition) is 1. The van der Waals surface area contributed by atoms with E-state index in [4.69, 9.17) is 6.89 Å². The third-order valence-corrected chi connectivity index (χ3v) is 1.62. The zero-order valence-corrected chi connectivity index (χ0v) is 6.69. The van der Waals surface area contributed by atoms with Crippen LogP contribution in [0.4, 0.5) is 0 Å². The molecule has 2 aromatic rings. The monoisotopic (exact) mass is 179 g/mol. The van der Waals surface area contributed by atoms with Crippen LogP contribution in [0.5, 0.6) is 0 Å². The van der Waals surface area contributed by atoms with Gasteiger partial charge in [0, 0.05) is 15.8 Å². The summed E-state index contributed by atoms with van der Waals surface area (Å²) in [6.45, 7) is -2.67. The highest BCUT2D eigenvalue weighted by atomic mass is 16.1. The number of nitrogens with zero attached hydrogens (tertiary/aromatic N) is 1. The van der Waals surface area contributed by atoms with E-state index in [1.165, 1.54) is 0 Å². The number of hydrogen-bond acceptors (Lipinski definition) is 1. The van der Waals surface area contributed by atoms with Gasteiger partial charge in [0.2, 0.25) is 0 Å². The maximum atomic E-state index is 11.8. The van der Waals surface area contributed by atoms with Crippen LogP contribution < -0.4 is 5.56 Å². The van der Waals surface area contributed by atoms with Gasteiger partial charge in [0.15, 0.2) is 1.41 Å². The third-order valence-electron chi connectivity index (χ3n) is 1.62. The second-order valence-corrected chi connectivity index (χ2v) is 2.53. The Kier molecular flexibility index (Phi) is 0.894. The fourth-order valence-corrected chi connectivity index (χ4v) is 1.07. The van der Waals surface area contributed by atoms with Crippen LogP contribution in [0.1, 0.15) is 11.2 Å². The summed E-state index contributed by atoms with van der Waals surface area (Å²) >= 11 is 0. The fourth-order valence-electron chi connectivity index (χ4n) is 1.07. The summed E-state index contributed by atoms with van der Waals surface area (Å²) < 4.78 is 37.8. The van der Waals surface area contributed by atoms with Crippen LogP contribution in [-0.4, -0.2) is 9.77 Å². The Balaban J connectivity index is 2.77. The second kappa shape index (κ2) is 2.94. The van der Waals surface area contributed by atoms with Crippen molar-refractivity contribution in [3.63, 3.8) is 0 Å². The lowest BCUT2D eigenvalue weighted by Gasteiger charge is -1.99. The molecule has 0 spiro atoms. The molecule has 0 fully saturated rings. The molecule has 1 aromatic heterocycles. The number of aromatic nitrogens is 2. The van der Waals surface area contributed by atoms with Crippen molar-refractivity contribution in [2.45, 2.75) is 6.85 Å². The number of nitrogens with one attached hydrogen (secondary N) is 1. The Morgan fingerprint density at radius 2 is 2.31 bits per heavy atom. The smallest absolute Gasteiger partial charge is 0.271 e. The number of H-pyrrole nitrogens is 1. The number of rotatable bonds is 1. The van der Waals surface area contributed by atoms with Crippen LogP contribution >= 0.6 is 0 Å². The van der Waals surface area contributed by atoms with E-state index < -0.39 is 24.1 Å². The van der Waals surface area contributed by atoms with Crippen molar-refractivity contribution >= 4 is 0 Å². The quantitative estimate of drug-likeness (QED) is 0.707. The molecule has 0 aliphatic rings. The van der Waals surface area contributed by atoms with Crippen LogP contribution in [-0.2, 0) is 0 Å². The van der Waals surface area contributed by atoms with E-state index in [0.29, 0.717) is 10.8 Å². The van der Waals surface area contributed by atoms with Crippen molar-refractivity contribution in [1.29, 1.82) is 0 Å². The largest absolute Gasteiger partial charge is 0.295 e. The van der Waals surface area contributed by atoms with Gasteiger partial charge in [-0.1, -0.05) is 18.2 Å². The lowest BCUT2D eigenvalue weighted by atomic mass is 10.3. The van der Waals surface area contributed by atoms with Crippen LogP contribution in [0.2, 0.25) is 1.41 Å². The summed E-state index contributed by atoms with van der Waals surface area (Å²) in [7, 11) is 0. The molecule has 0 amide bonds. The Bertz CT molecular complexity index is 626. The average Bonchev–Trinajstić information content (AvgIpc) is 2.50. The summed E-state index contributed by atoms with van der Waals surface area (Å²) in [5.74, 6) is 0. The van der Waals surface area contributed by atoms with E-state index in [1.54, 1.807) is 30.3 Å². The summed E-state index contributed by atoms with van der Waals surface area (Å²) in [4.78, 5) is 11.8. The Hall–Kier alpha value is -1.77. The first kappa shape index (κ1) is 3.96. The minimum atomic E-state index is -2.67. The molecule has 0 aliphatic carbocycles. The topological polar surface area (TPSA) is 37.8 Å². The third kappa shape index (κ3) is 1.40. The van der Waals surface area contributed by atoms with Crippen molar-refractivity contribution in [2.24, 2.45) is 0 Å². The molecule has 0 atom stereocenters. The summed E-state index contributed by atoms with van der Waals surface area (Å²) in [6, 6.07) is 7.51. The van der Waals surface area contributed by atoms with Gasteiger partial charge in [0.05, 0.1) is 7.06 Å². The van der Waals surface area contributed by atoms with Crippen molar-refractivity contribution < 1.29 is 6.89 Å². The molecule has 2 rings (SSSR count). The molecule has 66 valence electrons. The molecule has 0 saturated heterocycles. The lowest BCUT2D eigenvalue weighted by Crippen LogP contribution is -2.12. The molecule has 1 N–H and O–H groups in total. The molecule has 0 unspecified atom stereocenters. The van der Waals surface area contributed by atoms with Crippen molar-refractivity contribution in [2.75, 3.05) is 0 Å².